The molecule has 1 aromatic rings. The van der Waals surface area contributed by atoms with Gasteiger partial charge in [-0.1, -0.05) is 12.1 Å². The molecule has 0 amide bonds. The van der Waals surface area contributed by atoms with E-state index in [0.717, 1.165) is 16.9 Å². The Hall–Kier alpha value is -1.16. The highest BCUT2D eigenvalue weighted by molar-refractivity contribution is 7.85. The molecule has 0 fully saturated rings. The van der Waals surface area contributed by atoms with Gasteiger partial charge in [-0.05, 0) is 39.3 Å². The predicted molar refractivity (Wildman–Crippen MR) is 73.2 cm³/mol. The molecule has 3 nitrogen and oxygen atoms in total. The van der Waals surface area contributed by atoms with Gasteiger partial charge in [-0.2, -0.15) is 4.40 Å². The van der Waals surface area contributed by atoms with Crippen LogP contribution in [0.1, 0.15) is 31.9 Å². The Labute approximate surface area is 106 Å². The maximum Gasteiger partial charge on any atom is 0.144 e. The minimum Gasteiger partial charge on any atom is -0.496 e. The lowest BCUT2D eigenvalue weighted by molar-refractivity contribution is 0.414. The van der Waals surface area contributed by atoms with Crippen LogP contribution in [0, 0.1) is 6.92 Å². The zero-order valence-electron chi connectivity index (χ0n) is 11.0. The molecule has 0 unspecified atom stereocenters. The second-order valence-corrected chi connectivity index (χ2v) is 6.72. The third-order valence-corrected chi connectivity index (χ3v) is 3.65. The van der Waals surface area contributed by atoms with Crippen LogP contribution < -0.4 is 4.74 Å². The van der Waals surface area contributed by atoms with Crippen molar-refractivity contribution in [3.8, 4) is 5.75 Å². The molecule has 0 N–H and O–H groups in total. The van der Waals surface area contributed by atoms with Crippen LogP contribution in [0.5, 0.6) is 5.75 Å². The van der Waals surface area contributed by atoms with E-state index in [9.17, 15) is 4.21 Å². The van der Waals surface area contributed by atoms with Crippen LogP contribution in [-0.2, 0) is 11.0 Å². The van der Waals surface area contributed by atoms with Gasteiger partial charge in [0.1, 0.15) is 16.7 Å². The number of benzene rings is 1. The van der Waals surface area contributed by atoms with Crippen molar-refractivity contribution < 1.29 is 8.95 Å². The lowest BCUT2D eigenvalue weighted by atomic mass is 10.1. The Bertz CT molecular complexity index is 447. The molecule has 0 aromatic heterocycles. The van der Waals surface area contributed by atoms with Crippen LogP contribution in [0.4, 0.5) is 0 Å². The summed E-state index contributed by atoms with van der Waals surface area (Å²) in [5, 5.41) is 0. The van der Waals surface area contributed by atoms with Gasteiger partial charge < -0.3 is 4.74 Å². The normalized spacial score (nSPS) is 13.9. The van der Waals surface area contributed by atoms with Crippen LogP contribution in [0.2, 0.25) is 0 Å². The first-order valence-electron chi connectivity index (χ1n) is 5.46. The molecule has 0 aliphatic heterocycles. The molecule has 0 saturated carbocycles. The first-order valence-corrected chi connectivity index (χ1v) is 6.56. The number of rotatable bonds is 3. The molecule has 94 valence electrons. The highest BCUT2D eigenvalue weighted by Gasteiger charge is 2.18. The van der Waals surface area contributed by atoms with Crippen molar-refractivity contribution in [2.24, 2.45) is 4.40 Å². The van der Waals surface area contributed by atoms with E-state index in [2.05, 4.69) is 4.40 Å². The lowest BCUT2D eigenvalue weighted by Crippen LogP contribution is -2.19. The Morgan fingerprint density at radius 1 is 1.35 bits per heavy atom. The molecular formula is C13H19NO2S. The average Bonchev–Trinajstić information content (AvgIpc) is 2.25. The summed E-state index contributed by atoms with van der Waals surface area (Å²) in [4.78, 5) is 0. The van der Waals surface area contributed by atoms with Crippen molar-refractivity contribution in [3.05, 3.63) is 29.3 Å². The Morgan fingerprint density at radius 3 is 2.53 bits per heavy atom. The molecule has 0 radical (unpaired) electrons. The van der Waals surface area contributed by atoms with E-state index in [1.54, 1.807) is 13.3 Å². The van der Waals surface area contributed by atoms with Crippen molar-refractivity contribution in [3.63, 3.8) is 0 Å². The van der Waals surface area contributed by atoms with E-state index in [-0.39, 0.29) is 4.75 Å². The topological polar surface area (TPSA) is 38.7 Å². The highest BCUT2D eigenvalue weighted by Crippen LogP contribution is 2.20. The van der Waals surface area contributed by atoms with Gasteiger partial charge in [0.25, 0.3) is 0 Å². The molecule has 0 aliphatic rings. The molecular weight excluding hydrogens is 234 g/mol. The SMILES string of the molecule is COc1cccc(C)c1C=N[S@@](=O)C(C)(C)C. The molecule has 4 heteroatoms. The summed E-state index contributed by atoms with van der Waals surface area (Å²) in [5.41, 5.74) is 1.94. The van der Waals surface area contributed by atoms with Gasteiger partial charge in [0, 0.05) is 11.8 Å². The summed E-state index contributed by atoms with van der Waals surface area (Å²) in [6.45, 7) is 7.67. The van der Waals surface area contributed by atoms with Crippen molar-refractivity contribution in [1.29, 1.82) is 0 Å². The van der Waals surface area contributed by atoms with Gasteiger partial charge in [-0.25, -0.2) is 4.21 Å². The monoisotopic (exact) mass is 253 g/mol. The lowest BCUT2D eigenvalue weighted by Gasteiger charge is -2.13. The van der Waals surface area contributed by atoms with Crippen LogP contribution >= 0.6 is 0 Å². The molecule has 0 aliphatic carbocycles. The number of ether oxygens (including phenoxy) is 1. The molecule has 0 bridgehead atoms. The van der Waals surface area contributed by atoms with Gasteiger partial charge >= 0.3 is 0 Å². The Balaban J connectivity index is 3.03. The summed E-state index contributed by atoms with van der Waals surface area (Å²) in [7, 11) is 0.375. The van der Waals surface area contributed by atoms with E-state index < -0.39 is 11.0 Å². The number of methoxy groups -OCH3 is 1. The molecule has 1 aromatic carbocycles. The maximum atomic E-state index is 11.8. The Kier molecular flexibility index (Phi) is 4.46. The third-order valence-electron chi connectivity index (χ3n) is 2.31. The number of nitrogens with zero attached hydrogens (tertiary/aromatic N) is 1. The van der Waals surface area contributed by atoms with E-state index in [4.69, 9.17) is 4.74 Å². The van der Waals surface area contributed by atoms with Gasteiger partial charge in [0.2, 0.25) is 0 Å². The fourth-order valence-electron chi connectivity index (χ4n) is 1.26. The molecule has 1 rings (SSSR count). The first-order chi connectivity index (χ1) is 7.86. The number of aryl methyl sites for hydroxylation is 1. The van der Waals surface area contributed by atoms with Crippen LogP contribution in [0.25, 0.3) is 0 Å². The van der Waals surface area contributed by atoms with E-state index in [1.165, 1.54) is 0 Å². The average molecular weight is 253 g/mol. The van der Waals surface area contributed by atoms with Gasteiger partial charge in [0.15, 0.2) is 0 Å². The van der Waals surface area contributed by atoms with Crippen molar-refractivity contribution in [1.82, 2.24) is 0 Å². The summed E-state index contributed by atoms with van der Waals surface area (Å²) in [6, 6.07) is 5.77. The summed E-state index contributed by atoms with van der Waals surface area (Å²) in [6.07, 6.45) is 1.63. The maximum absolute atomic E-state index is 11.8. The van der Waals surface area contributed by atoms with Crippen LogP contribution in [0.3, 0.4) is 0 Å². The van der Waals surface area contributed by atoms with E-state index in [0.29, 0.717) is 0 Å². The van der Waals surface area contributed by atoms with Gasteiger partial charge in [0.05, 0.1) is 11.9 Å². The molecule has 0 heterocycles. The number of hydrogen-bond acceptors (Lipinski definition) is 2. The fourth-order valence-corrected chi connectivity index (χ4v) is 1.77. The van der Waals surface area contributed by atoms with Gasteiger partial charge in [-0.3, -0.25) is 0 Å². The summed E-state index contributed by atoms with van der Waals surface area (Å²) in [5.74, 6) is 0.750. The van der Waals surface area contributed by atoms with Gasteiger partial charge in [-0.15, -0.1) is 0 Å². The van der Waals surface area contributed by atoms with Crippen molar-refractivity contribution in [2.45, 2.75) is 32.4 Å². The minimum atomic E-state index is -1.24. The predicted octanol–water partition coefficient (Wildman–Crippen LogP) is 2.88. The molecule has 0 saturated heterocycles. The van der Waals surface area contributed by atoms with Crippen molar-refractivity contribution in [2.75, 3.05) is 7.11 Å². The third kappa shape index (κ3) is 3.66. The largest absolute Gasteiger partial charge is 0.496 e. The zero-order chi connectivity index (χ0) is 13.1. The molecule has 1 atom stereocenters. The second-order valence-electron chi connectivity index (χ2n) is 4.79. The molecule has 0 spiro atoms. The first kappa shape index (κ1) is 13.9. The minimum absolute atomic E-state index is 0.341. The molecule has 17 heavy (non-hydrogen) atoms. The van der Waals surface area contributed by atoms with Crippen LogP contribution in [-0.4, -0.2) is 22.3 Å². The number of hydrogen-bond donors (Lipinski definition) is 0. The van der Waals surface area contributed by atoms with Crippen LogP contribution in [0.15, 0.2) is 22.6 Å². The van der Waals surface area contributed by atoms with E-state index in [1.807, 2.05) is 45.9 Å². The fraction of sp³-hybridized carbons (Fsp3) is 0.462. The standard InChI is InChI=1S/C13H19NO2S/c1-10-7-6-8-12(16-5)11(10)9-14-17(15)13(2,3)4/h6-9H,1-5H3/t17-/m0/s1. The van der Waals surface area contributed by atoms with Crippen molar-refractivity contribution >= 4 is 17.2 Å². The summed E-state index contributed by atoms with van der Waals surface area (Å²) >= 11 is 0. The quantitative estimate of drug-likeness (QED) is 0.777. The highest BCUT2D eigenvalue weighted by atomic mass is 32.2. The zero-order valence-corrected chi connectivity index (χ0v) is 11.8. The second kappa shape index (κ2) is 5.45. The summed E-state index contributed by atoms with van der Waals surface area (Å²) < 4.78 is 20.8. The smallest absolute Gasteiger partial charge is 0.144 e. The van der Waals surface area contributed by atoms with E-state index >= 15 is 0 Å². The Morgan fingerprint density at radius 2 is 2.00 bits per heavy atom.